The molecule has 4 rings (SSSR count). The minimum Gasteiger partial charge on any atom is -0.357 e. The topological polar surface area (TPSA) is 58.3 Å². The molecule has 1 fully saturated rings. The predicted molar refractivity (Wildman–Crippen MR) is 110 cm³/mol. The Morgan fingerprint density at radius 2 is 2.15 bits per heavy atom. The van der Waals surface area contributed by atoms with E-state index in [0.717, 1.165) is 56.0 Å². The third kappa shape index (κ3) is 4.46. The molecule has 2 aliphatic heterocycles. The summed E-state index contributed by atoms with van der Waals surface area (Å²) in [6.07, 6.45) is 3.45. The van der Waals surface area contributed by atoms with Gasteiger partial charge in [0.05, 0.1) is 0 Å². The monoisotopic (exact) mass is 384 g/mol. The number of hydrogen-bond acceptors (Lipinski definition) is 4. The van der Waals surface area contributed by atoms with Gasteiger partial charge in [-0.2, -0.15) is 0 Å². The zero-order valence-electron chi connectivity index (χ0n) is 16.0. The van der Waals surface area contributed by atoms with Crippen LogP contribution in [0.1, 0.15) is 31.4 Å². The van der Waals surface area contributed by atoms with Crippen molar-refractivity contribution in [2.75, 3.05) is 25.4 Å². The molecule has 6 nitrogen and oxygen atoms in total. The van der Waals surface area contributed by atoms with Crippen LogP contribution in [0.15, 0.2) is 40.2 Å². The van der Waals surface area contributed by atoms with Crippen molar-refractivity contribution >= 4 is 17.7 Å². The second-order valence-corrected chi connectivity index (χ2v) is 8.28. The molecular weight excluding hydrogens is 356 g/mol. The molecule has 7 heteroatoms. The van der Waals surface area contributed by atoms with Crippen LogP contribution < -0.4 is 5.32 Å². The first kappa shape index (κ1) is 18.3. The number of aromatic nitrogens is 3. The molecule has 0 amide bonds. The molecule has 1 unspecified atom stereocenters. The van der Waals surface area contributed by atoms with Gasteiger partial charge in [0, 0.05) is 43.2 Å². The molecule has 2 aromatic rings. The van der Waals surface area contributed by atoms with Crippen LogP contribution in [0.25, 0.3) is 0 Å². The summed E-state index contributed by atoms with van der Waals surface area (Å²) in [6, 6.07) is 10.7. The lowest BCUT2D eigenvalue weighted by Crippen LogP contribution is -2.40. The Bertz CT molecular complexity index is 772. The lowest BCUT2D eigenvalue weighted by molar-refractivity contribution is 0.473. The van der Waals surface area contributed by atoms with E-state index in [2.05, 4.69) is 62.2 Å². The summed E-state index contributed by atoms with van der Waals surface area (Å²) in [5.74, 6) is 4.99. The van der Waals surface area contributed by atoms with Crippen molar-refractivity contribution in [1.82, 2.24) is 25.0 Å². The van der Waals surface area contributed by atoms with Gasteiger partial charge in [-0.1, -0.05) is 18.2 Å². The van der Waals surface area contributed by atoms with Crippen molar-refractivity contribution in [3.63, 3.8) is 0 Å². The number of fused-ring (bicyclic) bond motifs is 1. The number of aryl methyl sites for hydroxylation is 1. The van der Waals surface area contributed by atoms with Gasteiger partial charge in [0.15, 0.2) is 11.8 Å². The molecular formula is C20H28N6S. The molecule has 144 valence electrons. The van der Waals surface area contributed by atoms with Crippen molar-refractivity contribution in [3.05, 3.63) is 42.0 Å². The summed E-state index contributed by atoms with van der Waals surface area (Å²) in [5, 5.41) is 12.1. The van der Waals surface area contributed by atoms with Crippen molar-refractivity contribution in [3.8, 4) is 0 Å². The Labute approximate surface area is 165 Å². The third-order valence-corrected chi connectivity index (χ3v) is 6.45. The fourth-order valence-corrected chi connectivity index (χ4v) is 4.84. The quantitative estimate of drug-likeness (QED) is 0.471. The standard InChI is InChI=1S/C20H28N6S/c1-2-21-20(22-13-19-24-23-18-9-6-11-26(18)19)25-12-10-16(14-25)15-27-17-7-4-3-5-8-17/h3-5,7-8,16H,2,6,9-15H2,1H3,(H,21,22). The Morgan fingerprint density at radius 1 is 1.26 bits per heavy atom. The zero-order valence-corrected chi connectivity index (χ0v) is 16.8. The number of rotatable bonds is 6. The van der Waals surface area contributed by atoms with E-state index in [9.17, 15) is 0 Å². The van der Waals surface area contributed by atoms with E-state index in [-0.39, 0.29) is 0 Å². The highest BCUT2D eigenvalue weighted by molar-refractivity contribution is 7.99. The molecule has 1 N–H and O–H groups in total. The van der Waals surface area contributed by atoms with Crippen LogP contribution in [0.3, 0.4) is 0 Å². The average Bonchev–Trinajstić information content (AvgIpc) is 3.42. The molecule has 1 aromatic heterocycles. The summed E-state index contributed by atoms with van der Waals surface area (Å²) < 4.78 is 2.23. The molecule has 0 spiro atoms. The summed E-state index contributed by atoms with van der Waals surface area (Å²) >= 11 is 1.96. The highest BCUT2D eigenvalue weighted by atomic mass is 32.2. The number of hydrogen-bond donors (Lipinski definition) is 1. The molecule has 0 radical (unpaired) electrons. The van der Waals surface area contributed by atoms with E-state index in [1.165, 1.54) is 17.7 Å². The first-order chi connectivity index (χ1) is 13.3. The third-order valence-electron chi connectivity index (χ3n) is 5.21. The summed E-state index contributed by atoms with van der Waals surface area (Å²) in [4.78, 5) is 8.63. The maximum absolute atomic E-state index is 4.87. The number of aliphatic imine (C=N–C) groups is 1. The van der Waals surface area contributed by atoms with Gasteiger partial charge in [-0.25, -0.2) is 4.99 Å². The van der Waals surface area contributed by atoms with Gasteiger partial charge in [-0.15, -0.1) is 22.0 Å². The number of thioether (sulfide) groups is 1. The fourth-order valence-electron chi connectivity index (χ4n) is 3.79. The second kappa shape index (κ2) is 8.78. The number of likely N-dealkylation sites (tertiary alicyclic amines) is 1. The minimum atomic E-state index is 0.606. The zero-order chi connectivity index (χ0) is 18.5. The average molecular weight is 385 g/mol. The molecule has 0 saturated carbocycles. The molecule has 1 aromatic carbocycles. The van der Waals surface area contributed by atoms with Crippen LogP contribution in [0, 0.1) is 5.92 Å². The summed E-state index contributed by atoms with van der Waals surface area (Å²) in [5.41, 5.74) is 0. The summed E-state index contributed by atoms with van der Waals surface area (Å²) in [6.45, 7) is 6.80. The lowest BCUT2D eigenvalue weighted by atomic mass is 10.2. The largest absolute Gasteiger partial charge is 0.357 e. The maximum atomic E-state index is 4.87. The van der Waals surface area contributed by atoms with E-state index in [0.29, 0.717) is 12.5 Å². The Kier molecular flexibility index (Phi) is 5.97. The molecule has 1 saturated heterocycles. The van der Waals surface area contributed by atoms with Crippen molar-refractivity contribution < 1.29 is 0 Å². The maximum Gasteiger partial charge on any atom is 0.194 e. The second-order valence-electron chi connectivity index (χ2n) is 7.18. The Morgan fingerprint density at radius 3 is 3.00 bits per heavy atom. The number of guanidine groups is 1. The molecule has 2 aliphatic rings. The van der Waals surface area contributed by atoms with Gasteiger partial charge in [-0.3, -0.25) is 0 Å². The molecule has 0 bridgehead atoms. The van der Waals surface area contributed by atoms with E-state index >= 15 is 0 Å². The van der Waals surface area contributed by atoms with Gasteiger partial charge in [0.1, 0.15) is 12.4 Å². The van der Waals surface area contributed by atoms with Crippen molar-refractivity contribution in [1.29, 1.82) is 0 Å². The number of nitrogens with one attached hydrogen (secondary N) is 1. The number of benzene rings is 1. The van der Waals surface area contributed by atoms with Crippen LogP contribution in [0.2, 0.25) is 0 Å². The Hall–Kier alpha value is -2.02. The normalized spacial score (nSPS) is 19.5. The van der Waals surface area contributed by atoms with Gasteiger partial charge in [0.25, 0.3) is 0 Å². The highest BCUT2D eigenvalue weighted by Crippen LogP contribution is 2.26. The van der Waals surface area contributed by atoms with Gasteiger partial charge in [0.2, 0.25) is 0 Å². The van der Waals surface area contributed by atoms with Crippen LogP contribution in [0.4, 0.5) is 0 Å². The fraction of sp³-hybridized carbons (Fsp3) is 0.550. The lowest BCUT2D eigenvalue weighted by Gasteiger charge is -2.21. The first-order valence-corrected chi connectivity index (χ1v) is 10.9. The van der Waals surface area contributed by atoms with E-state index < -0.39 is 0 Å². The number of nitrogens with zero attached hydrogens (tertiary/aromatic N) is 5. The molecule has 3 heterocycles. The van der Waals surface area contributed by atoms with Crippen LogP contribution in [0.5, 0.6) is 0 Å². The van der Waals surface area contributed by atoms with E-state index in [4.69, 9.17) is 4.99 Å². The summed E-state index contributed by atoms with van der Waals surface area (Å²) in [7, 11) is 0. The van der Waals surface area contributed by atoms with Gasteiger partial charge < -0.3 is 14.8 Å². The van der Waals surface area contributed by atoms with Crippen LogP contribution in [-0.4, -0.2) is 51.0 Å². The van der Waals surface area contributed by atoms with Gasteiger partial charge in [-0.05, 0) is 37.8 Å². The SMILES string of the molecule is CCNC(=NCc1nnc2n1CCC2)N1CCC(CSc2ccccc2)C1. The molecule has 0 aliphatic carbocycles. The minimum absolute atomic E-state index is 0.606. The first-order valence-electron chi connectivity index (χ1n) is 9.95. The van der Waals surface area contributed by atoms with Crippen molar-refractivity contribution in [2.24, 2.45) is 10.9 Å². The predicted octanol–water partition coefficient (Wildman–Crippen LogP) is 2.80. The Balaban J connectivity index is 1.34. The smallest absolute Gasteiger partial charge is 0.194 e. The van der Waals surface area contributed by atoms with Crippen LogP contribution in [-0.2, 0) is 19.5 Å². The molecule has 1 atom stereocenters. The van der Waals surface area contributed by atoms with Crippen molar-refractivity contribution in [2.45, 2.75) is 44.2 Å². The van der Waals surface area contributed by atoms with Gasteiger partial charge >= 0.3 is 0 Å². The highest BCUT2D eigenvalue weighted by Gasteiger charge is 2.25. The van der Waals surface area contributed by atoms with E-state index in [1.807, 2.05) is 11.8 Å². The van der Waals surface area contributed by atoms with Crippen LogP contribution >= 0.6 is 11.8 Å². The van der Waals surface area contributed by atoms with E-state index in [1.54, 1.807) is 0 Å². The molecule has 27 heavy (non-hydrogen) atoms.